The van der Waals surface area contributed by atoms with Gasteiger partial charge in [0.2, 0.25) is 0 Å². The van der Waals surface area contributed by atoms with Crippen LogP contribution >= 0.6 is 0 Å². The fourth-order valence-corrected chi connectivity index (χ4v) is 12.6. The molecule has 87 heavy (non-hydrogen) atoms. The zero-order chi connectivity index (χ0) is 63.4. The van der Waals surface area contributed by atoms with Gasteiger partial charge in [-0.1, -0.05) is 24.3 Å². The first-order valence-corrected chi connectivity index (χ1v) is 32.2. The van der Waals surface area contributed by atoms with E-state index in [0.29, 0.717) is 47.5 Å². The maximum Gasteiger partial charge on any atom is 2.00 e. The Balaban J connectivity index is 0.0000108. The van der Waals surface area contributed by atoms with Crippen LogP contribution in [0.25, 0.3) is 21.5 Å². The monoisotopic (exact) mass is 1360 g/mol. The van der Waals surface area contributed by atoms with E-state index in [2.05, 4.69) is 31.9 Å². The summed E-state index contributed by atoms with van der Waals surface area (Å²) in [6.07, 6.45) is 0. The average molecular weight is 1360 g/mol. The maximum atomic E-state index is 13.7. The number of anilines is 6. The summed E-state index contributed by atoms with van der Waals surface area (Å²) in [5, 5.41) is 11.8. The Morgan fingerprint density at radius 1 is 0.322 bits per heavy atom. The number of urea groups is 1. The molecule has 0 saturated carbocycles. The molecule has 8 aromatic rings. The predicted octanol–water partition coefficient (Wildman–Crippen LogP) is 6.74. The Hall–Kier alpha value is -8.59. The van der Waals surface area contributed by atoms with Crippen LogP contribution in [0.5, 0.6) is 0 Å². The molecule has 8 aromatic carbocycles. The largest absolute Gasteiger partial charge is 2.00 e. The van der Waals surface area contributed by atoms with E-state index < -0.39 is 153 Å². The van der Waals surface area contributed by atoms with Crippen LogP contribution in [0.1, 0.15) is 52.6 Å². The SMILES string of the molecule is Cc1ccc(C(=O)Nc2ccc(S(=O)(=O)O)c3cc(S(=O)(=O)O)cc(S(=O)(=O)O)c23)cc1NC(=O)c1cccc(NC(=O)Nc2cccc(C(=O)Nc3cc(C(=O)Nc4ccc(S(=O)(=O)O)c5cc(S(=O)(=O)O)cc(S(=O)(=O)O)c45)ccc3C)c2)c1.[Cu+2]. The number of benzene rings is 8. The third-order valence-electron chi connectivity index (χ3n) is 12.5. The van der Waals surface area contributed by atoms with Crippen LogP contribution in [0.4, 0.5) is 38.9 Å². The normalized spacial score (nSPS) is 12.1. The van der Waals surface area contributed by atoms with Gasteiger partial charge in [0.15, 0.2) is 0 Å². The van der Waals surface area contributed by atoms with Crippen molar-refractivity contribution in [1.82, 2.24) is 0 Å². The van der Waals surface area contributed by atoms with Gasteiger partial charge >= 0.3 is 23.1 Å². The minimum absolute atomic E-state index is 0. The molecule has 8 rings (SSSR count). The molecule has 12 N–H and O–H groups in total. The van der Waals surface area contributed by atoms with E-state index >= 15 is 0 Å². The number of hydrogen-bond donors (Lipinski definition) is 12. The Morgan fingerprint density at radius 3 is 0.943 bits per heavy atom. The molecule has 36 heteroatoms. The molecule has 29 nitrogen and oxygen atoms in total. The van der Waals surface area contributed by atoms with Crippen molar-refractivity contribution in [3.8, 4) is 0 Å². The molecule has 0 bridgehead atoms. The third-order valence-corrected chi connectivity index (χ3v) is 17.7. The quantitative estimate of drug-likeness (QED) is 0.0352. The van der Waals surface area contributed by atoms with Crippen LogP contribution in [-0.2, 0) is 77.8 Å². The molecular weight excluding hydrogens is 1320 g/mol. The first kappa shape index (κ1) is 65.9. The fraction of sp³-hybridized carbons (Fsp3) is 0.0392. The zero-order valence-electron chi connectivity index (χ0n) is 43.6. The number of hydrogen-bond acceptors (Lipinski definition) is 17. The summed E-state index contributed by atoms with van der Waals surface area (Å²) in [5.41, 5.74) is -0.385. The molecule has 6 amide bonds. The van der Waals surface area contributed by atoms with Crippen LogP contribution in [0.2, 0.25) is 0 Å². The van der Waals surface area contributed by atoms with Crippen molar-refractivity contribution in [3.05, 3.63) is 167 Å². The minimum Gasteiger partial charge on any atom is -0.322 e. The molecule has 1 radical (unpaired) electrons. The Morgan fingerprint density at radius 2 is 0.632 bits per heavy atom. The molecule has 0 aliphatic rings. The number of fused-ring (bicyclic) bond motifs is 2. The van der Waals surface area contributed by atoms with Crippen LogP contribution in [0.3, 0.4) is 0 Å². The van der Waals surface area contributed by atoms with E-state index in [-0.39, 0.29) is 62.1 Å². The van der Waals surface area contributed by atoms with Gasteiger partial charge in [-0.05, 0) is 134 Å². The van der Waals surface area contributed by atoms with E-state index in [0.717, 1.165) is 12.1 Å². The van der Waals surface area contributed by atoms with Gasteiger partial charge in [-0.15, -0.1) is 0 Å². The van der Waals surface area contributed by atoms with Crippen molar-refractivity contribution in [2.45, 2.75) is 43.2 Å². The van der Waals surface area contributed by atoms with Crippen LogP contribution < -0.4 is 31.9 Å². The first-order chi connectivity index (χ1) is 39.8. The summed E-state index contributed by atoms with van der Waals surface area (Å²) in [7, 11) is -31.9. The van der Waals surface area contributed by atoms with E-state index in [1.54, 1.807) is 13.8 Å². The van der Waals surface area contributed by atoms with Crippen molar-refractivity contribution < 1.29 is 119 Å². The van der Waals surface area contributed by atoms with Crippen LogP contribution in [0.15, 0.2) is 163 Å². The van der Waals surface area contributed by atoms with E-state index in [1.165, 1.54) is 84.9 Å². The maximum absolute atomic E-state index is 13.7. The zero-order valence-corrected chi connectivity index (χ0v) is 49.4. The average Bonchev–Trinajstić information content (AvgIpc) is 0.808. The van der Waals surface area contributed by atoms with Crippen molar-refractivity contribution >= 4 is 146 Å². The number of rotatable bonds is 16. The first-order valence-electron chi connectivity index (χ1n) is 23.6. The summed E-state index contributed by atoms with van der Waals surface area (Å²) < 4.78 is 206. The molecule has 0 aromatic heterocycles. The number of aryl methyl sites for hydroxylation is 2. The summed E-state index contributed by atoms with van der Waals surface area (Å²) in [5.74, 6) is -3.56. The Bertz CT molecular complexity index is 4720. The van der Waals surface area contributed by atoms with Crippen molar-refractivity contribution in [2.75, 3.05) is 31.9 Å². The van der Waals surface area contributed by atoms with Crippen LogP contribution in [-0.4, -0.2) is 107 Å². The second kappa shape index (κ2) is 24.3. The van der Waals surface area contributed by atoms with Gasteiger partial charge in [0.1, 0.15) is 19.6 Å². The summed E-state index contributed by atoms with van der Waals surface area (Å²) in [6, 6.07) is 22.6. The van der Waals surface area contributed by atoms with E-state index in [1.807, 2.05) is 0 Å². The third kappa shape index (κ3) is 15.0. The van der Waals surface area contributed by atoms with Crippen molar-refractivity contribution in [1.29, 1.82) is 0 Å². The second-order valence-electron chi connectivity index (χ2n) is 18.4. The second-order valence-corrected chi connectivity index (χ2v) is 26.8. The molecular formula is C51H40CuN6O23S6+2. The molecule has 0 unspecified atom stereocenters. The van der Waals surface area contributed by atoms with Gasteiger partial charge < -0.3 is 31.9 Å². The summed E-state index contributed by atoms with van der Waals surface area (Å²) >= 11 is 0. The molecule has 0 heterocycles. The predicted molar refractivity (Wildman–Crippen MR) is 306 cm³/mol. The number of carbonyl (C=O) groups excluding carboxylic acids is 5. The van der Waals surface area contributed by atoms with Crippen LogP contribution in [0, 0.1) is 13.8 Å². The Labute approximate surface area is 503 Å². The smallest absolute Gasteiger partial charge is 0.322 e. The molecule has 0 aliphatic heterocycles. The number of amides is 6. The van der Waals surface area contributed by atoms with E-state index in [4.69, 9.17) is 0 Å². The molecule has 0 fully saturated rings. The van der Waals surface area contributed by atoms with Gasteiger partial charge in [-0.2, -0.15) is 50.5 Å². The van der Waals surface area contributed by atoms with Gasteiger partial charge in [0.25, 0.3) is 84.3 Å². The summed E-state index contributed by atoms with van der Waals surface area (Å²) in [4.78, 5) is 60.8. The number of carbonyl (C=O) groups is 5. The fourth-order valence-electron chi connectivity index (χ4n) is 8.50. The molecule has 457 valence electrons. The molecule has 0 spiro atoms. The molecule has 0 saturated heterocycles. The van der Waals surface area contributed by atoms with Gasteiger partial charge in [-0.3, -0.25) is 46.5 Å². The topological polar surface area (TPSA) is 484 Å². The van der Waals surface area contributed by atoms with Crippen molar-refractivity contribution in [3.63, 3.8) is 0 Å². The Kier molecular flexibility index (Phi) is 18.4. The molecule has 0 atom stereocenters. The van der Waals surface area contributed by atoms with E-state index in [9.17, 15) is 102 Å². The number of nitrogens with one attached hydrogen (secondary N) is 6. The van der Waals surface area contributed by atoms with Gasteiger partial charge in [0, 0.05) is 66.5 Å². The standard InChI is InChI=1S/C51H40N6O23S6.Cu/c1-25-9-11-29(49(60)54-37-13-15-41(83(69,70)71)35-21-33(81(63,64)65)23-43(45(35)37)85(75,76)77)19-39(25)56-47(58)27-5-3-7-31(17-27)52-51(62)53-32-8-4-6-28(18-32)48(59)57-40-20-30(12-10-26(40)2)50(61)55-38-14-16-42(84(72,73)74)36-22-34(82(66,67)68)24-44(46(36)38)86(78,79)80;/h3-24H,1-2H3,(H,54,60)(H,55,61)(H,56,58)(H,57,59)(H2,52,53,62)(H,63,64,65)(H,66,67,68)(H,69,70,71)(H,72,73,74)(H,75,76,77)(H,78,79,80);/q;+2. The minimum atomic E-state index is -5.45. The molecule has 0 aliphatic carbocycles. The summed E-state index contributed by atoms with van der Waals surface area (Å²) in [6.45, 7) is 3.12. The van der Waals surface area contributed by atoms with Gasteiger partial charge in [0.05, 0.1) is 21.2 Å². The van der Waals surface area contributed by atoms with Crippen molar-refractivity contribution in [2.24, 2.45) is 0 Å². The van der Waals surface area contributed by atoms with Gasteiger partial charge in [-0.25, -0.2) is 4.79 Å².